The Labute approximate surface area is 339 Å². The number of aliphatic hydroxyl groups is 6. The van der Waals surface area contributed by atoms with Gasteiger partial charge in [0.25, 0.3) is 0 Å². The fourth-order valence-electron chi connectivity index (χ4n) is 15.1. The van der Waals surface area contributed by atoms with Crippen molar-refractivity contribution >= 4 is 11.9 Å². The van der Waals surface area contributed by atoms with E-state index in [0.29, 0.717) is 57.9 Å². The predicted molar refractivity (Wildman–Crippen MR) is 211 cm³/mol. The third-order valence-electron chi connectivity index (χ3n) is 18.6. The van der Waals surface area contributed by atoms with Crippen LogP contribution in [0.1, 0.15) is 125 Å². The molecule has 7 aliphatic rings. The number of carboxylic acids is 1. The van der Waals surface area contributed by atoms with Crippen LogP contribution in [0.4, 0.5) is 0 Å². The van der Waals surface area contributed by atoms with Crippen LogP contribution in [-0.2, 0) is 19.1 Å². The summed E-state index contributed by atoms with van der Waals surface area (Å²) in [6, 6.07) is 0. The quantitative estimate of drug-likeness (QED) is 0.0846. The van der Waals surface area contributed by atoms with Crippen LogP contribution < -0.4 is 5.32 Å². The largest absolute Gasteiger partial charge is 0.481 e. The summed E-state index contributed by atoms with van der Waals surface area (Å²) < 4.78 is 12.3. The zero-order valence-electron chi connectivity index (χ0n) is 35.3. The molecule has 12 nitrogen and oxygen atoms in total. The fourth-order valence-corrected chi connectivity index (χ4v) is 15.1. The lowest BCUT2D eigenvalue weighted by Gasteiger charge is -2.74. The Morgan fingerprint density at radius 2 is 1.68 bits per heavy atom. The lowest BCUT2D eigenvalue weighted by Crippen LogP contribution is -2.73. The molecule has 8 N–H and O–H groups in total. The summed E-state index contributed by atoms with van der Waals surface area (Å²) in [5.74, 6) is -1.34. The van der Waals surface area contributed by atoms with E-state index in [-0.39, 0.29) is 77.5 Å². The van der Waals surface area contributed by atoms with Gasteiger partial charge in [0.05, 0.1) is 30.8 Å². The summed E-state index contributed by atoms with van der Waals surface area (Å²) >= 11 is 0. The molecule has 0 unspecified atom stereocenters. The molecule has 7 rings (SSSR count). The number of carbonyl (C=O) groups excluding carboxylic acids is 1. The Bertz CT molecular complexity index is 1560. The molecule has 5 aliphatic carbocycles. The first-order valence-corrected chi connectivity index (χ1v) is 22.2. The number of hydrogen-bond donors (Lipinski definition) is 8. The van der Waals surface area contributed by atoms with Crippen LogP contribution in [0.25, 0.3) is 0 Å². The lowest BCUT2D eigenvalue weighted by atomic mass is 9.30. The van der Waals surface area contributed by atoms with Crippen LogP contribution in [-0.4, -0.2) is 111 Å². The van der Waals surface area contributed by atoms with E-state index in [1.807, 2.05) is 6.92 Å². The van der Waals surface area contributed by atoms with Gasteiger partial charge in [0, 0.05) is 25.0 Å². The first kappa shape index (κ1) is 43.4. The minimum absolute atomic E-state index is 0.0149. The van der Waals surface area contributed by atoms with Crippen molar-refractivity contribution in [3.8, 4) is 0 Å². The summed E-state index contributed by atoms with van der Waals surface area (Å²) in [6.07, 6.45) is 4.27. The van der Waals surface area contributed by atoms with Crippen LogP contribution in [0.2, 0.25) is 0 Å². The van der Waals surface area contributed by atoms with Crippen molar-refractivity contribution in [3.63, 3.8) is 0 Å². The highest BCUT2D eigenvalue weighted by atomic mass is 16.7. The minimum Gasteiger partial charge on any atom is -0.481 e. The van der Waals surface area contributed by atoms with Gasteiger partial charge < -0.3 is 50.5 Å². The fraction of sp³-hybridized carbons (Fsp3) is 0.911. The maximum Gasteiger partial charge on any atom is 0.310 e. The van der Waals surface area contributed by atoms with Crippen molar-refractivity contribution in [1.29, 1.82) is 0 Å². The summed E-state index contributed by atoms with van der Waals surface area (Å²) in [5, 5.41) is 80.9. The first-order valence-electron chi connectivity index (χ1n) is 22.2. The average Bonchev–Trinajstić information content (AvgIpc) is 3.60. The van der Waals surface area contributed by atoms with Crippen molar-refractivity contribution in [3.05, 3.63) is 11.6 Å². The first-order chi connectivity index (χ1) is 26.8. The van der Waals surface area contributed by atoms with E-state index in [4.69, 9.17) is 9.47 Å². The molecule has 0 aromatic carbocycles. The number of carbonyl (C=O) groups is 2. The normalized spacial score (nSPS) is 52.1. The molecule has 324 valence electrons. The topological polar surface area (TPSA) is 206 Å². The molecule has 2 heterocycles. The van der Waals surface area contributed by atoms with E-state index in [0.717, 1.165) is 32.1 Å². The van der Waals surface area contributed by atoms with Crippen molar-refractivity contribution < 1.29 is 54.8 Å². The molecule has 0 radical (unpaired) electrons. The number of fused-ring (bicyclic) bond motifs is 7. The molecule has 0 aromatic rings. The van der Waals surface area contributed by atoms with E-state index in [9.17, 15) is 45.3 Å². The maximum absolute atomic E-state index is 13.6. The van der Waals surface area contributed by atoms with Crippen molar-refractivity contribution in [2.45, 2.75) is 162 Å². The van der Waals surface area contributed by atoms with Gasteiger partial charge in [-0.3, -0.25) is 9.59 Å². The van der Waals surface area contributed by atoms with Crippen LogP contribution in [0.3, 0.4) is 0 Å². The molecule has 1 amide bonds. The van der Waals surface area contributed by atoms with Gasteiger partial charge in [-0.05, 0) is 115 Å². The Morgan fingerprint density at radius 1 is 0.947 bits per heavy atom. The maximum atomic E-state index is 13.6. The summed E-state index contributed by atoms with van der Waals surface area (Å²) in [4.78, 5) is 26.2. The van der Waals surface area contributed by atoms with Gasteiger partial charge in [0.1, 0.15) is 18.3 Å². The molecule has 2 aliphatic heterocycles. The van der Waals surface area contributed by atoms with Gasteiger partial charge in [-0.2, -0.15) is 0 Å². The second kappa shape index (κ2) is 15.4. The van der Waals surface area contributed by atoms with Gasteiger partial charge >= 0.3 is 5.97 Å². The summed E-state index contributed by atoms with van der Waals surface area (Å²) in [6.45, 7) is 13.4. The number of ether oxygens (including phenoxy) is 2. The minimum atomic E-state index is -1.56. The molecule has 0 aromatic heterocycles. The number of unbranched alkanes of at least 4 members (excludes halogenated alkanes) is 2. The average molecular weight is 804 g/mol. The number of amides is 1. The highest BCUT2D eigenvalue weighted by Gasteiger charge is 2.74. The number of carboxylic acid groups (broad SMARTS) is 1. The second-order valence-corrected chi connectivity index (χ2v) is 21.3. The molecule has 0 spiro atoms. The summed E-state index contributed by atoms with van der Waals surface area (Å²) in [5.41, 5.74) is -2.24. The molecule has 12 heteroatoms. The van der Waals surface area contributed by atoms with Crippen molar-refractivity contribution in [2.24, 2.45) is 68.0 Å². The Balaban J connectivity index is 1.36. The molecular formula is C45H73NO11. The predicted octanol–water partition coefficient (Wildman–Crippen LogP) is 4.17. The van der Waals surface area contributed by atoms with E-state index in [1.165, 1.54) is 5.57 Å². The van der Waals surface area contributed by atoms with Crippen LogP contribution >= 0.6 is 0 Å². The number of allylic oxidation sites excluding steroid dienone is 2. The van der Waals surface area contributed by atoms with Crippen LogP contribution in [0.15, 0.2) is 11.6 Å². The van der Waals surface area contributed by atoms with Crippen LogP contribution in [0.5, 0.6) is 0 Å². The Kier molecular flexibility index (Phi) is 11.7. The lowest BCUT2D eigenvalue weighted by molar-refractivity contribution is -0.340. The Hall–Kier alpha value is -1.64. The summed E-state index contributed by atoms with van der Waals surface area (Å²) in [7, 11) is 0. The van der Waals surface area contributed by atoms with E-state index in [1.54, 1.807) is 0 Å². The van der Waals surface area contributed by atoms with E-state index >= 15 is 0 Å². The molecule has 2 saturated heterocycles. The smallest absolute Gasteiger partial charge is 0.310 e. The zero-order valence-corrected chi connectivity index (χ0v) is 35.3. The van der Waals surface area contributed by atoms with Gasteiger partial charge in [0.15, 0.2) is 6.29 Å². The van der Waals surface area contributed by atoms with Gasteiger partial charge in [-0.25, -0.2) is 0 Å². The number of hydrogen-bond acceptors (Lipinski definition) is 10. The highest BCUT2D eigenvalue weighted by molar-refractivity contribution is 5.78. The zero-order chi connectivity index (χ0) is 41.5. The SMILES string of the molecule is CCCCC[C@H]1C[C@@]2(C(=O)O)CC[C@](C)(CO)C[C@H]2C2=CC[C@@H]3[C@]4(C)[C@H](CC[C@@]3(C)[C@@]21C)[C@](C)(CO)[C@H](O[C@@H]1OC[C@@H](O)[C@H](O)[C@H]1O)[C@H](O)[C@@H]4C[C@@H]1CNC(=O)C1. The molecule has 6 fully saturated rings. The Morgan fingerprint density at radius 3 is 2.32 bits per heavy atom. The standard InChI is InChI=1S/C45H73NO11/c1-7-8-9-10-26-19-45(39(54)55)16-15-40(2,23-47)20-29(45)27-11-12-32-42(4,44(26,27)6)14-13-31-41(3,24-48)37(57-38-36(53)35(52)30(49)22-56-38)34(51)28(43(31,32)5)17-25-18-33(50)46-21-25/h11,25-26,28-32,34-38,47-49,51-53H,7-10,12-24H2,1-6H3,(H,46,50)(H,54,55)/t25-,26-,28-,29-,30+,31+,32-,34+,35-,36+,37+,38-,40-,41-,42+,43-,44+,45-/m0/s1. The second-order valence-electron chi connectivity index (χ2n) is 21.3. The van der Waals surface area contributed by atoms with Crippen LogP contribution in [0, 0.1) is 68.0 Å². The number of aliphatic hydroxyl groups excluding tert-OH is 6. The third kappa shape index (κ3) is 6.42. The van der Waals surface area contributed by atoms with E-state index in [2.05, 4.69) is 46.0 Å². The molecule has 57 heavy (non-hydrogen) atoms. The molecule has 0 bridgehead atoms. The van der Waals surface area contributed by atoms with Gasteiger partial charge in [-0.15, -0.1) is 0 Å². The highest BCUT2D eigenvalue weighted by Crippen LogP contribution is 2.78. The number of rotatable bonds is 11. The third-order valence-corrected chi connectivity index (χ3v) is 18.6. The number of nitrogens with one attached hydrogen (secondary N) is 1. The van der Waals surface area contributed by atoms with Crippen molar-refractivity contribution in [1.82, 2.24) is 5.32 Å². The number of aliphatic carboxylic acids is 1. The van der Waals surface area contributed by atoms with E-state index < -0.39 is 59.0 Å². The molecule has 4 saturated carbocycles. The van der Waals surface area contributed by atoms with Crippen molar-refractivity contribution in [2.75, 3.05) is 26.4 Å². The van der Waals surface area contributed by atoms with Gasteiger partial charge in [0.2, 0.25) is 5.91 Å². The van der Waals surface area contributed by atoms with Gasteiger partial charge in [-0.1, -0.05) is 72.5 Å². The monoisotopic (exact) mass is 804 g/mol. The molecular weight excluding hydrogens is 730 g/mol. The molecule has 18 atom stereocenters.